The molecule has 0 atom stereocenters. The number of likely N-dealkylation sites (tertiary alicyclic amines) is 1. The summed E-state index contributed by atoms with van der Waals surface area (Å²) in [5, 5.41) is 15.0. The smallest absolute Gasteiger partial charge is 0.282 e. The monoisotopic (exact) mass is 297 g/mol. The Kier molecular flexibility index (Phi) is 5.72. The van der Waals surface area contributed by atoms with Gasteiger partial charge in [0.1, 0.15) is 0 Å². The fourth-order valence-electron chi connectivity index (χ4n) is 2.36. The van der Waals surface area contributed by atoms with Crippen LogP contribution in [0.2, 0.25) is 0 Å². The minimum atomic E-state index is -0.107. The van der Waals surface area contributed by atoms with Crippen molar-refractivity contribution < 1.29 is 4.79 Å². The molecule has 20 heavy (non-hydrogen) atoms. The van der Waals surface area contributed by atoms with Crippen LogP contribution in [-0.2, 0) is 0 Å². The second-order valence-electron chi connectivity index (χ2n) is 5.03. The van der Waals surface area contributed by atoms with Crippen molar-refractivity contribution in [2.75, 3.05) is 38.0 Å². The molecule has 1 amide bonds. The maximum Gasteiger partial charge on any atom is 0.282 e. The van der Waals surface area contributed by atoms with E-state index in [4.69, 9.17) is 0 Å². The van der Waals surface area contributed by atoms with Crippen molar-refractivity contribution in [3.8, 4) is 0 Å². The number of amides is 1. The first kappa shape index (κ1) is 15.2. The van der Waals surface area contributed by atoms with Crippen LogP contribution in [0.15, 0.2) is 0 Å². The zero-order chi connectivity index (χ0) is 14.4. The molecule has 7 heteroatoms. The molecule has 1 aliphatic heterocycles. The van der Waals surface area contributed by atoms with Gasteiger partial charge in [0, 0.05) is 13.1 Å². The Morgan fingerprint density at radius 2 is 2.10 bits per heavy atom. The van der Waals surface area contributed by atoms with Gasteiger partial charge in [-0.15, -0.1) is 10.2 Å². The van der Waals surface area contributed by atoms with Crippen molar-refractivity contribution in [2.24, 2.45) is 5.92 Å². The van der Waals surface area contributed by atoms with Crippen LogP contribution in [0.4, 0.5) is 5.13 Å². The second-order valence-corrected chi connectivity index (χ2v) is 6.01. The summed E-state index contributed by atoms with van der Waals surface area (Å²) < 4.78 is 0. The largest absolute Gasteiger partial charge is 0.360 e. The van der Waals surface area contributed by atoms with E-state index in [1.54, 1.807) is 0 Å². The SMILES string of the molecule is CCNc1nnc(C(=O)NCC2CCN(CC)CC2)s1. The molecule has 0 spiro atoms. The maximum atomic E-state index is 12.0. The average Bonchev–Trinajstić information content (AvgIpc) is 2.94. The minimum Gasteiger partial charge on any atom is -0.360 e. The summed E-state index contributed by atoms with van der Waals surface area (Å²) in [6.07, 6.45) is 2.32. The van der Waals surface area contributed by atoms with Crippen molar-refractivity contribution in [1.82, 2.24) is 20.4 Å². The molecule has 2 rings (SSSR count). The summed E-state index contributed by atoms with van der Waals surface area (Å²) in [6, 6.07) is 0. The third kappa shape index (κ3) is 4.14. The molecule has 1 saturated heterocycles. The molecule has 0 unspecified atom stereocenters. The molecule has 0 aliphatic carbocycles. The molecule has 112 valence electrons. The Labute approximate surface area is 124 Å². The van der Waals surface area contributed by atoms with Gasteiger partial charge in [0.25, 0.3) is 5.91 Å². The number of anilines is 1. The number of hydrogen-bond acceptors (Lipinski definition) is 6. The highest BCUT2D eigenvalue weighted by Crippen LogP contribution is 2.17. The summed E-state index contributed by atoms with van der Waals surface area (Å²) in [4.78, 5) is 14.4. The predicted octanol–water partition coefficient (Wildman–Crippen LogP) is 1.43. The van der Waals surface area contributed by atoms with Gasteiger partial charge in [0.05, 0.1) is 0 Å². The lowest BCUT2D eigenvalue weighted by atomic mass is 9.97. The molecule has 1 aromatic rings. The van der Waals surface area contributed by atoms with Crippen molar-refractivity contribution in [1.29, 1.82) is 0 Å². The fourth-order valence-corrected chi connectivity index (χ4v) is 3.08. The number of nitrogens with zero attached hydrogens (tertiary/aromatic N) is 3. The fraction of sp³-hybridized carbons (Fsp3) is 0.769. The third-order valence-corrected chi connectivity index (χ3v) is 4.53. The van der Waals surface area contributed by atoms with Crippen LogP contribution in [0.1, 0.15) is 36.5 Å². The van der Waals surface area contributed by atoms with Crippen molar-refractivity contribution in [3.05, 3.63) is 5.01 Å². The lowest BCUT2D eigenvalue weighted by molar-refractivity contribution is 0.0936. The second kappa shape index (κ2) is 7.54. The zero-order valence-corrected chi connectivity index (χ0v) is 13.0. The van der Waals surface area contributed by atoms with E-state index in [2.05, 4.69) is 32.7 Å². The van der Waals surface area contributed by atoms with Crippen molar-refractivity contribution in [2.45, 2.75) is 26.7 Å². The van der Waals surface area contributed by atoms with Gasteiger partial charge >= 0.3 is 0 Å². The molecule has 1 aromatic heterocycles. The number of piperidine rings is 1. The van der Waals surface area contributed by atoms with Gasteiger partial charge in [-0.05, 0) is 45.3 Å². The molecule has 0 saturated carbocycles. The van der Waals surface area contributed by atoms with Gasteiger partial charge in [-0.1, -0.05) is 18.3 Å². The Morgan fingerprint density at radius 1 is 1.35 bits per heavy atom. The highest BCUT2D eigenvalue weighted by atomic mass is 32.1. The number of rotatable bonds is 6. The standard InChI is InChI=1S/C13H23N5OS/c1-3-14-13-17-16-12(20-13)11(19)15-9-10-5-7-18(4-2)8-6-10/h10H,3-9H2,1-2H3,(H,14,17)(H,15,19). The van der Waals surface area contributed by atoms with Crippen LogP contribution in [0.25, 0.3) is 0 Å². The van der Waals surface area contributed by atoms with Crippen LogP contribution in [0, 0.1) is 5.92 Å². The Balaban J connectivity index is 1.74. The minimum absolute atomic E-state index is 0.107. The maximum absolute atomic E-state index is 12.0. The van der Waals surface area contributed by atoms with Gasteiger partial charge in [0.2, 0.25) is 10.1 Å². The number of carbonyl (C=O) groups is 1. The van der Waals surface area contributed by atoms with Gasteiger partial charge < -0.3 is 15.5 Å². The number of aromatic nitrogens is 2. The van der Waals surface area contributed by atoms with E-state index in [1.165, 1.54) is 11.3 Å². The predicted molar refractivity (Wildman–Crippen MR) is 81.2 cm³/mol. The van der Waals surface area contributed by atoms with E-state index in [1.807, 2.05) is 6.92 Å². The molecule has 6 nitrogen and oxygen atoms in total. The van der Waals surface area contributed by atoms with Crippen LogP contribution in [0.5, 0.6) is 0 Å². The van der Waals surface area contributed by atoms with Crippen LogP contribution in [-0.4, -0.2) is 53.7 Å². The Bertz CT molecular complexity index is 428. The van der Waals surface area contributed by atoms with E-state index < -0.39 is 0 Å². The molecule has 1 aliphatic rings. The molecular formula is C13H23N5OS. The van der Waals surface area contributed by atoms with E-state index in [0.717, 1.165) is 45.6 Å². The van der Waals surface area contributed by atoms with Gasteiger partial charge in [-0.2, -0.15) is 0 Å². The number of carbonyl (C=O) groups excluding carboxylic acids is 1. The first-order valence-corrected chi connectivity index (χ1v) is 8.12. The molecule has 0 bridgehead atoms. The zero-order valence-electron chi connectivity index (χ0n) is 12.2. The summed E-state index contributed by atoms with van der Waals surface area (Å²) >= 11 is 1.30. The van der Waals surface area contributed by atoms with Gasteiger partial charge in [-0.25, -0.2) is 0 Å². The molecule has 2 heterocycles. The summed E-state index contributed by atoms with van der Waals surface area (Å²) in [7, 11) is 0. The first-order valence-electron chi connectivity index (χ1n) is 7.30. The highest BCUT2D eigenvalue weighted by Gasteiger charge is 2.19. The van der Waals surface area contributed by atoms with E-state index in [0.29, 0.717) is 16.1 Å². The summed E-state index contributed by atoms with van der Waals surface area (Å²) in [5.74, 6) is 0.479. The third-order valence-electron chi connectivity index (χ3n) is 3.65. The molecule has 1 fully saturated rings. The molecule has 0 aromatic carbocycles. The van der Waals surface area contributed by atoms with Gasteiger partial charge in [-0.3, -0.25) is 4.79 Å². The number of hydrogen-bond donors (Lipinski definition) is 2. The van der Waals surface area contributed by atoms with Crippen LogP contribution < -0.4 is 10.6 Å². The van der Waals surface area contributed by atoms with E-state index in [-0.39, 0.29) is 5.91 Å². The lowest BCUT2D eigenvalue weighted by Gasteiger charge is -2.30. The topological polar surface area (TPSA) is 70.1 Å². The Morgan fingerprint density at radius 3 is 2.75 bits per heavy atom. The van der Waals surface area contributed by atoms with Crippen LogP contribution >= 0.6 is 11.3 Å². The number of nitrogens with one attached hydrogen (secondary N) is 2. The quantitative estimate of drug-likeness (QED) is 0.831. The van der Waals surface area contributed by atoms with Crippen LogP contribution in [0.3, 0.4) is 0 Å². The molecule has 2 N–H and O–H groups in total. The van der Waals surface area contributed by atoms with E-state index >= 15 is 0 Å². The normalized spacial score (nSPS) is 17.1. The highest BCUT2D eigenvalue weighted by molar-refractivity contribution is 7.17. The van der Waals surface area contributed by atoms with Crippen molar-refractivity contribution in [3.63, 3.8) is 0 Å². The lowest BCUT2D eigenvalue weighted by Crippen LogP contribution is -2.38. The summed E-state index contributed by atoms with van der Waals surface area (Å²) in [5.41, 5.74) is 0. The van der Waals surface area contributed by atoms with Gasteiger partial charge in [0.15, 0.2) is 0 Å². The Hall–Kier alpha value is -1.21. The molecular weight excluding hydrogens is 274 g/mol. The molecule has 0 radical (unpaired) electrons. The average molecular weight is 297 g/mol. The van der Waals surface area contributed by atoms with E-state index in [9.17, 15) is 4.79 Å². The van der Waals surface area contributed by atoms with Crippen molar-refractivity contribution >= 4 is 22.4 Å². The first-order chi connectivity index (χ1) is 9.72. The summed E-state index contributed by atoms with van der Waals surface area (Å²) in [6.45, 7) is 9.11.